The van der Waals surface area contributed by atoms with Crippen LogP contribution in [0.3, 0.4) is 0 Å². The van der Waals surface area contributed by atoms with E-state index in [9.17, 15) is 4.79 Å². The van der Waals surface area contributed by atoms with Gasteiger partial charge in [-0.15, -0.1) is 0 Å². The van der Waals surface area contributed by atoms with Gasteiger partial charge in [-0.05, 0) is 45.1 Å². The minimum Gasteiger partial charge on any atom is -0.318 e. The van der Waals surface area contributed by atoms with Crippen LogP contribution in [0, 0.1) is 0 Å². The van der Waals surface area contributed by atoms with Gasteiger partial charge in [0, 0.05) is 25.8 Å². The first-order valence-corrected chi connectivity index (χ1v) is 6.88. The van der Waals surface area contributed by atoms with Gasteiger partial charge in [-0.3, -0.25) is 4.79 Å². The molecule has 1 aromatic rings. The van der Waals surface area contributed by atoms with E-state index in [1.54, 1.807) is 7.05 Å². The first-order valence-electron chi connectivity index (χ1n) is 6.88. The lowest BCUT2D eigenvalue weighted by molar-refractivity contribution is -0.107. The molecule has 106 valence electrons. The average Bonchev–Trinajstić information content (AvgIpc) is 2.99. The number of amides is 1. The molecule has 1 aliphatic rings. The van der Waals surface area contributed by atoms with Gasteiger partial charge in [-0.1, -0.05) is 18.2 Å². The number of nitrogens with one attached hydrogen (secondary N) is 1. The molecule has 1 heterocycles. The van der Waals surface area contributed by atoms with Crippen molar-refractivity contribution < 1.29 is 4.79 Å². The summed E-state index contributed by atoms with van der Waals surface area (Å²) in [6, 6.07) is 9.48. The largest absolute Gasteiger partial charge is 0.318 e. The summed E-state index contributed by atoms with van der Waals surface area (Å²) in [6.45, 7) is 5.01. The lowest BCUT2D eigenvalue weighted by Gasteiger charge is -2.12. The third-order valence-electron chi connectivity index (χ3n) is 3.20. The minimum absolute atomic E-state index is 0.787. The second-order valence-corrected chi connectivity index (χ2v) is 4.70. The summed E-state index contributed by atoms with van der Waals surface area (Å²) in [5, 5.41) is 3.15. The Morgan fingerprint density at radius 2 is 1.89 bits per heavy atom. The molecule has 1 aliphatic heterocycles. The molecule has 0 bridgehead atoms. The predicted molar refractivity (Wildman–Crippen MR) is 80.5 cm³/mol. The van der Waals surface area contributed by atoms with Crippen molar-refractivity contribution in [1.29, 1.82) is 0 Å². The van der Waals surface area contributed by atoms with Crippen molar-refractivity contribution in [2.75, 3.05) is 45.2 Å². The number of anilines is 1. The van der Waals surface area contributed by atoms with Gasteiger partial charge in [0.25, 0.3) is 0 Å². The van der Waals surface area contributed by atoms with E-state index >= 15 is 0 Å². The summed E-state index contributed by atoms with van der Waals surface area (Å²) in [4.78, 5) is 14.3. The van der Waals surface area contributed by atoms with Crippen molar-refractivity contribution in [1.82, 2.24) is 10.2 Å². The van der Waals surface area contributed by atoms with Crippen molar-refractivity contribution in [3.05, 3.63) is 30.3 Å². The van der Waals surface area contributed by atoms with Gasteiger partial charge in [0.05, 0.1) is 0 Å². The number of carbonyl (C=O) groups excluding carboxylic acids is 1. The molecular formula is C15H25N3O. The van der Waals surface area contributed by atoms with E-state index in [0.29, 0.717) is 0 Å². The van der Waals surface area contributed by atoms with Crippen LogP contribution in [0.4, 0.5) is 5.69 Å². The molecule has 1 fully saturated rings. The number of nitrogens with zero attached hydrogens (tertiary/aromatic N) is 2. The molecule has 0 saturated carbocycles. The van der Waals surface area contributed by atoms with E-state index < -0.39 is 0 Å². The highest BCUT2D eigenvalue weighted by Gasteiger charge is 2.09. The normalized spacial score (nSPS) is 14.6. The van der Waals surface area contributed by atoms with Gasteiger partial charge in [-0.2, -0.15) is 0 Å². The van der Waals surface area contributed by atoms with Crippen molar-refractivity contribution >= 4 is 12.1 Å². The molecule has 1 amide bonds. The highest BCUT2D eigenvalue weighted by Crippen LogP contribution is 2.07. The Labute approximate surface area is 116 Å². The molecule has 0 radical (unpaired) electrons. The monoisotopic (exact) mass is 263 g/mol. The minimum atomic E-state index is 0.787. The predicted octanol–water partition coefficient (Wildman–Crippen LogP) is 1.58. The Morgan fingerprint density at radius 3 is 2.42 bits per heavy atom. The van der Waals surface area contributed by atoms with E-state index in [4.69, 9.17) is 0 Å². The zero-order valence-electron chi connectivity index (χ0n) is 12.0. The van der Waals surface area contributed by atoms with Crippen molar-refractivity contribution in [2.45, 2.75) is 12.8 Å². The SMILES string of the molecule is CN(C=O)c1ccccc1.CNCCN1CCCC1. The van der Waals surface area contributed by atoms with Crippen LogP contribution >= 0.6 is 0 Å². The number of likely N-dealkylation sites (N-methyl/N-ethyl adjacent to an activating group) is 1. The molecule has 1 N–H and O–H groups in total. The second-order valence-electron chi connectivity index (χ2n) is 4.70. The zero-order chi connectivity index (χ0) is 13.9. The molecule has 0 spiro atoms. The summed E-state index contributed by atoms with van der Waals surface area (Å²) >= 11 is 0. The van der Waals surface area contributed by atoms with E-state index in [-0.39, 0.29) is 0 Å². The number of para-hydroxylation sites is 1. The Hall–Kier alpha value is -1.39. The molecule has 0 atom stereocenters. The Balaban J connectivity index is 0.000000191. The maximum Gasteiger partial charge on any atom is 0.213 e. The van der Waals surface area contributed by atoms with Crippen LogP contribution in [0.1, 0.15) is 12.8 Å². The number of hydrogen-bond donors (Lipinski definition) is 1. The molecule has 1 aromatic carbocycles. The van der Waals surface area contributed by atoms with Crippen LogP contribution in [0.25, 0.3) is 0 Å². The van der Waals surface area contributed by atoms with E-state index in [1.165, 1.54) is 37.4 Å². The average molecular weight is 263 g/mol. The lowest BCUT2D eigenvalue weighted by atomic mass is 10.3. The molecule has 4 heteroatoms. The molecule has 2 rings (SSSR count). The summed E-state index contributed by atoms with van der Waals surface area (Å²) in [5.41, 5.74) is 0.914. The summed E-state index contributed by atoms with van der Waals surface area (Å²) in [5.74, 6) is 0. The number of rotatable bonds is 5. The standard InChI is InChI=1S/C8H9NO.C7H16N2/c1-9(7-10)8-5-3-2-4-6-8;1-8-4-7-9-5-2-3-6-9/h2-7H,1H3;8H,2-7H2,1H3. The Bertz CT molecular complexity index is 337. The molecule has 19 heavy (non-hydrogen) atoms. The number of benzene rings is 1. The smallest absolute Gasteiger partial charge is 0.213 e. The summed E-state index contributed by atoms with van der Waals surface area (Å²) in [7, 11) is 3.73. The van der Waals surface area contributed by atoms with E-state index in [2.05, 4.69) is 10.2 Å². The molecule has 0 aromatic heterocycles. The van der Waals surface area contributed by atoms with Crippen LogP contribution in [-0.4, -0.2) is 51.6 Å². The number of likely N-dealkylation sites (tertiary alicyclic amines) is 1. The van der Waals surface area contributed by atoms with Crippen LogP contribution in [0.2, 0.25) is 0 Å². The highest BCUT2D eigenvalue weighted by molar-refractivity contribution is 5.73. The zero-order valence-corrected chi connectivity index (χ0v) is 12.0. The third kappa shape index (κ3) is 6.36. The van der Waals surface area contributed by atoms with Gasteiger partial charge in [0.15, 0.2) is 0 Å². The van der Waals surface area contributed by atoms with Crippen LogP contribution in [0.5, 0.6) is 0 Å². The number of carbonyl (C=O) groups is 1. The maximum absolute atomic E-state index is 10.2. The maximum atomic E-state index is 10.2. The van der Waals surface area contributed by atoms with Gasteiger partial charge in [0.2, 0.25) is 6.41 Å². The molecule has 0 aliphatic carbocycles. The van der Waals surface area contributed by atoms with E-state index in [0.717, 1.165) is 18.6 Å². The van der Waals surface area contributed by atoms with E-state index in [1.807, 2.05) is 37.4 Å². The number of hydrogen-bond acceptors (Lipinski definition) is 3. The van der Waals surface area contributed by atoms with Crippen molar-refractivity contribution in [2.24, 2.45) is 0 Å². The fraction of sp³-hybridized carbons (Fsp3) is 0.533. The topological polar surface area (TPSA) is 35.6 Å². The van der Waals surface area contributed by atoms with Gasteiger partial charge < -0.3 is 15.1 Å². The molecule has 1 saturated heterocycles. The summed E-state index contributed by atoms with van der Waals surface area (Å²) in [6.07, 6.45) is 3.60. The quantitative estimate of drug-likeness (QED) is 0.819. The fourth-order valence-electron chi connectivity index (χ4n) is 2.00. The molecule has 0 unspecified atom stereocenters. The van der Waals surface area contributed by atoms with Crippen LogP contribution in [-0.2, 0) is 4.79 Å². The van der Waals surface area contributed by atoms with Crippen molar-refractivity contribution in [3.63, 3.8) is 0 Å². The van der Waals surface area contributed by atoms with Crippen LogP contribution in [0.15, 0.2) is 30.3 Å². The first kappa shape index (κ1) is 15.7. The van der Waals surface area contributed by atoms with Crippen LogP contribution < -0.4 is 10.2 Å². The molecular weight excluding hydrogens is 238 g/mol. The highest BCUT2D eigenvalue weighted by atomic mass is 16.1. The fourth-order valence-corrected chi connectivity index (χ4v) is 2.00. The Kier molecular flexibility index (Phi) is 7.86. The van der Waals surface area contributed by atoms with Gasteiger partial charge in [-0.25, -0.2) is 0 Å². The Morgan fingerprint density at radius 1 is 1.26 bits per heavy atom. The first-order chi connectivity index (χ1) is 9.27. The van der Waals surface area contributed by atoms with Gasteiger partial charge in [0.1, 0.15) is 0 Å². The second kappa shape index (κ2) is 9.53. The van der Waals surface area contributed by atoms with Crippen molar-refractivity contribution in [3.8, 4) is 0 Å². The van der Waals surface area contributed by atoms with Gasteiger partial charge >= 0.3 is 0 Å². The third-order valence-corrected chi connectivity index (χ3v) is 3.20. The lowest BCUT2D eigenvalue weighted by Crippen LogP contribution is -2.27. The molecule has 4 nitrogen and oxygen atoms in total. The summed E-state index contributed by atoms with van der Waals surface area (Å²) < 4.78 is 0.